The molecule has 218 valence electrons. The summed E-state index contributed by atoms with van der Waals surface area (Å²) >= 11 is 0. The maximum Gasteiger partial charge on any atom is 0.400 e. The van der Waals surface area contributed by atoms with Gasteiger partial charge in [-0.05, 0) is 49.0 Å². The van der Waals surface area contributed by atoms with Crippen LogP contribution in [0.2, 0.25) is 0 Å². The Hall–Kier alpha value is -2.75. The van der Waals surface area contributed by atoms with Crippen molar-refractivity contribution in [2.24, 2.45) is 23.7 Å². The lowest BCUT2D eigenvalue weighted by atomic mass is 9.90. The van der Waals surface area contributed by atoms with E-state index in [2.05, 4.69) is 60.2 Å². The smallest absolute Gasteiger partial charge is 0.400 e. The highest BCUT2D eigenvalue weighted by molar-refractivity contribution is 5.48. The van der Waals surface area contributed by atoms with Crippen LogP contribution in [0.4, 0.5) is 13.2 Å². The molecule has 4 heteroatoms. The molecular weight excluding hydrogens is 493 g/mol. The lowest BCUT2D eigenvalue weighted by molar-refractivity contribution is -0.244. The van der Waals surface area contributed by atoms with E-state index in [1.807, 2.05) is 26.0 Å². The third-order valence-corrected chi connectivity index (χ3v) is 6.88. The van der Waals surface area contributed by atoms with Crippen LogP contribution in [-0.4, -0.2) is 6.11 Å². The molecule has 0 aromatic rings. The first kappa shape index (κ1) is 36.2. The number of hydrogen-bond acceptors (Lipinski definition) is 1. The molecule has 0 aliphatic rings. The summed E-state index contributed by atoms with van der Waals surface area (Å²) < 4.78 is 48.8. The van der Waals surface area contributed by atoms with Crippen molar-refractivity contribution in [2.45, 2.75) is 86.2 Å². The van der Waals surface area contributed by atoms with Gasteiger partial charge in [0, 0.05) is 11.6 Å². The van der Waals surface area contributed by atoms with Crippen LogP contribution in [0.1, 0.15) is 80.1 Å². The van der Waals surface area contributed by atoms with Gasteiger partial charge in [0.15, 0.2) is 0 Å². The normalized spacial score (nSPS) is 14.9. The molecule has 0 spiro atoms. The fourth-order valence-corrected chi connectivity index (χ4v) is 3.57. The first-order valence-electron chi connectivity index (χ1n) is 13.9. The molecule has 0 saturated heterocycles. The Morgan fingerprint density at radius 2 is 1.28 bits per heavy atom. The summed E-state index contributed by atoms with van der Waals surface area (Å²) in [7, 11) is 0. The van der Waals surface area contributed by atoms with Gasteiger partial charge < -0.3 is 4.74 Å². The Balaban J connectivity index is 4.91. The summed E-state index contributed by atoms with van der Waals surface area (Å²) in [5, 5.41) is 0. The molecule has 0 aliphatic carbocycles. The number of hydrogen-bond donors (Lipinski definition) is 0. The van der Waals surface area contributed by atoms with E-state index in [1.54, 1.807) is 12.2 Å². The monoisotopic (exact) mass is 544 g/mol. The minimum absolute atomic E-state index is 0.00890. The fraction of sp³-hybridized carbons (Fsp3) is 0.486. The van der Waals surface area contributed by atoms with Crippen LogP contribution in [0.3, 0.4) is 0 Å². The van der Waals surface area contributed by atoms with Crippen LogP contribution < -0.4 is 0 Å². The minimum Gasteiger partial charge on any atom is -0.433 e. The predicted molar refractivity (Wildman–Crippen MR) is 164 cm³/mol. The van der Waals surface area contributed by atoms with Crippen molar-refractivity contribution in [3.63, 3.8) is 0 Å². The summed E-state index contributed by atoms with van der Waals surface area (Å²) in [6.45, 7) is 35.0. The van der Waals surface area contributed by atoms with Gasteiger partial charge in [-0.25, -0.2) is 4.39 Å². The summed E-state index contributed by atoms with van der Waals surface area (Å²) in [5.41, 5.74) is 3.06. The lowest BCUT2D eigenvalue weighted by Crippen LogP contribution is -2.29. The molecule has 0 rings (SSSR count). The van der Waals surface area contributed by atoms with Gasteiger partial charge in [0.05, 0.1) is 5.92 Å². The molecule has 0 saturated carbocycles. The Morgan fingerprint density at radius 1 is 0.769 bits per heavy atom. The van der Waals surface area contributed by atoms with Gasteiger partial charge in [-0.3, -0.25) is 0 Å². The number of rotatable bonds is 20. The Labute approximate surface area is 237 Å². The first-order valence-corrected chi connectivity index (χ1v) is 13.9. The summed E-state index contributed by atoms with van der Waals surface area (Å²) in [6.07, 6.45) is 9.22. The largest absolute Gasteiger partial charge is 0.433 e. The van der Waals surface area contributed by atoms with Crippen LogP contribution in [0.5, 0.6) is 0 Å². The zero-order valence-electron chi connectivity index (χ0n) is 25.2. The van der Waals surface area contributed by atoms with Crippen LogP contribution in [-0.2, 0) is 4.74 Å². The summed E-state index contributed by atoms with van der Waals surface area (Å²) in [4.78, 5) is 0. The van der Waals surface area contributed by atoms with Crippen molar-refractivity contribution in [3.05, 3.63) is 109 Å². The predicted octanol–water partition coefficient (Wildman–Crippen LogP) is 11.8. The van der Waals surface area contributed by atoms with E-state index >= 15 is 0 Å². The van der Waals surface area contributed by atoms with E-state index in [0.717, 1.165) is 48.5 Å². The SMILES string of the molecule is C=C(/C=C\C(=C)C(=C)/C(F)=C\C(=C)OC(F)(F)C(C)CCC(C)C(=C)/C=C\C(=C)C(C)CCC(C)C)CCC. The molecule has 0 bridgehead atoms. The van der Waals surface area contributed by atoms with E-state index in [-0.39, 0.29) is 17.9 Å². The quantitative estimate of drug-likeness (QED) is 0.109. The molecule has 1 nitrogen and oxygen atoms in total. The van der Waals surface area contributed by atoms with Crippen molar-refractivity contribution >= 4 is 0 Å². The van der Waals surface area contributed by atoms with Gasteiger partial charge in [0.2, 0.25) is 0 Å². The van der Waals surface area contributed by atoms with Gasteiger partial charge in [0.25, 0.3) is 0 Å². The van der Waals surface area contributed by atoms with Crippen molar-refractivity contribution in [1.29, 1.82) is 0 Å². The molecule has 3 unspecified atom stereocenters. The molecular formula is C35H51F3O. The molecule has 0 fully saturated rings. The van der Waals surface area contributed by atoms with Crippen LogP contribution in [0, 0.1) is 23.7 Å². The van der Waals surface area contributed by atoms with Crippen LogP contribution in [0.15, 0.2) is 109 Å². The highest BCUT2D eigenvalue weighted by Gasteiger charge is 2.39. The highest BCUT2D eigenvalue weighted by Crippen LogP contribution is 2.34. The third kappa shape index (κ3) is 14.8. The second-order valence-corrected chi connectivity index (χ2v) is 11.1. The molecule has 0 aromatic carbocycles. The number of halogens is 3. The number of ether oxygens (including phenoxy) is 1. The molecule has 3 atom stereocenters. The molecule has 0 radical (unpaired) electrons. The average molecular weight is 545 g/mol. The van der Waals surface area contributed by atoms with Crippen molar-refractivity contribution in [2.75, 3.05) is 0 Å². The average Bonchev–Trinajstić information content (AvgIpc) is 2.85. The molecule has 0 N–H and O–H groups in total. The number of allylic oxidation sites excluding steroid dienone is 11. The topological polar surface area (TPSA) is 9.23 Å². The van der Waals surface area contributed by atoms with Gasteiger partial charge in [0.1, 0.15) is 11.6 Å². The number of alkyl halides is 2. The fourth-order valence-electron chi connectivity index (χ4n) is 3.57. The van der Waals surface area contributed by atoms with Crippen LogP contribution in [0.25, 0.3) is 0 Å². The van der Waals surface area contributed by atoms with E-state index in [9.17, 15) is 13.2 Å². The second kappa shape index (κ2) is 17.8. The minimum atomic E-state index is -3.51. The Morgan fingerprint density at radius 3 is 1.77 bits per heavy atom. The Bertz CT molecular complexity index is 974. The third-order valence-electron chi connectivity index (χ3n) is 6.88. The summed E-state index contributed by atoms with van der Waals surface area (Å²) in [5.74, 6) is -1.39. The van der Waals surface area contributed by atoms with Crippen molar-refractivity contribution < 1.29 is 17.9 Å². The first-order chi connectivity index (χ1) is 18.0. The van der Waals surface area contributed by atoms with Gasteiger partial charge in [-0.1, -0.05) is 135 Å². The molecule has 0 amide bonds. The van der Waals surface area contributed by atoms with Crippen molar-refractivity contribution in [3.8, 4) is 0 Å². The van der Waals surface area contributed by atoms with E-state index in [4.69, 9.17) is 4.74 Å². The lowest BCUT2D eigenvalue weighted by Gasteiger charge is -2.25. The maximum absolute atomic E-state index is 14.7. The van der Waals surface area contributed by atoms with E-state index in [1.165, 1.54) is 6.92 Å². The standard InChI is InChI=1S/C35H51F3O/c1-13-14-25(4)16-18-30(9)33(12)34(36)23-32(11)39-35(37,38)31(10)22-21-29(8)28(7)20-19-27(6)26(5)17-15-24(2)3/h16,18-20,23-24,26,29,31H,4,6-7,9,11-15,17,21-22H2,1-3,5,8,10H3/b18-16-,20-19-,34-23+. The zero-order valence-corrected chi connectivity index (χ0v) is 25.2. The second-order valence-electron chi connectivity index (χ2n) is 11.1. The van der Waals surface area contributed by atoms with E-state index in [0.29, 0.717) is 23.8 Å². The maximum atomic E-state index is 14.7. The van der Waals surface area contributed by atoms with Gasteiger partial charge in [-0.15, -0.1) is 0 Å². The highest BCUT2D eigenvalue weighted by atomic mass is 19.3. The van der Waals surface area contributed by atoms with E-state index < -0.39 is 23.6 Å². The molecule has 0 aromatic heterocycles. The van der Waals surface area contributed by atoms with Crippen LogP contribution >= 0.6 is 0 Å². The summed E-state index contributed by atoms with van der Waals surface area (Å²) in [6, 6.07) is 0. The van der Waals surface area contributed by atoms with Gasteiger partial charge >= 0.3 is 6.11 Å². The van der Waals surface area contributed by atoms with Gasteiger partial charge in [-0.2, -0.15) is 8.78 Å². The molecule has 0 heterocycles. The zero-order chi connectivity index (χ0) is 30.3. The molecule has 0 aliphatic heterocycles. The Kier molecular flexibility index (Phi) is 16.5. The molecule has 39 heavy (non-hydrogen) atoms. The van der Waals surface area contributed by atoms with Crippen molar-refractivity contribution in [1.82, 2.24) is 0 Å².